The van der Waals surface area contributed by atoms with Gasteiger partial charge in [0.2, 0.25) is 0 Å². The van der Waals surface area contributed by atoms with Gasteiger partial charge in [-0.05, 0) is 25.2 Å². The smallest absolute Gasteiger partial charge is 0.332 e. The lowest BCUT2D eigenvalue weighted by molar-refractivity contribution is 0.0370. The second kappa shape index (κ2) is 11.6. The van der Waals surface area contributed by atoms with Gasteiger partial charge in [0, 0.05) is 33.0 Å². The fraction of sp³-hybridized carbons (Fsp3) is 0.765. The maximum atomic E-state index is 11.7. The average Bonchev–Trinajstić information content (AvgIpc) is 2.66. The molecule has 9 heteroatoms. The Morgan fingerprint density at radius 1 is 1.23 bits per heavy atom. The third-order valence-electron chi connectivity index (χ3n) is 4.58. The van der Waals surface area contributed by atoms with Crippen molar-refractivity contribution < 1.29 is 18.3 Å². The quantitative estimate of drug-likeness (QED) is 0.586. The minimum absolute atomic E-state index is 0.202. The Morgan fingerprint density at radius 3 is 2.65 bits per heavy atom. The molecule has 1 saturated carbocycles. The summed E-state index contributed by atoms with van der Waals surface area (Å²) in [6, 6.07) is 1.32. The normalized spacial score (nSPS) is 17.9. The minimum atomic E-state index is -1.39. The van der Waals surface area contributed by atoms with Gasteiger partial charge in [-0.25, -0.2) is 4.79 Å². The lowest BCUT2D eigenvalue weighted by Crippen LogP contribution is -2.30. The molecule has 1 aromatic heterocycles. The fourth-order valence-corrected chi connectivity index (χ4v) is 3.89. The molecule has 0 bridgehead atoms. The van der Waals surface area contributed by atoms with E-state index < -0.39 is 19.9 Å². The molecule has 2 atom stereocenters. The highest BCUT2D eigenvalue weighted by molar-refractivity contribution is 7.41. The van der Waals surface area contributed by atoms with Gasteiger partial charge in [0.25, 0.3) is 5.56 Å². The molecular formula is C17H29N2O6P. The summed E-state index contributed by atoms with van der Waals surface area (Å²) in [6.07, 6.45) is 8.13. The van der Waals surface area contributed by atoms with Crippen LogP contribution in [-0.2, 0) is 24.9 Å². The summed E-state index contributed by atoms with van der Waals surface area (Å²) in [5.74, 6) is 0.595. The summed E-state index contributed by atoms with van der Waals surface area (Å²) >= 11 is 0. The summed E-state index contributed by atoms with van der Waals surface area (Å²) in [7, 11) is 1.78. The van der Waals surface area contributed by atoms with E-state index in [0.717, 1.165) is 0 Å². The van der Waals surface area contributed by atoms with Gasteiger partial charge < -0.3 is 22.9 Å². The SMILES string of the molecule is COC(CCn1ccc(=O)[nH]c1=O)COP(OC)OCC1CCCCC1. The molecule has 8 nitrogen and oxygen atoms in total. The van der Waals surface area contributed by atoms with E-state index in [9.17, 15) is 9.59 Å². The first-order chi connectivity index (χ1) is 12.6. The predicted molar refractivity (Wildman–Crippen MR) is 99.1 cm³/mol. The largest absolute Gasteiger partial charge is 0.379 e. The number of H-pyrrole nitrogens is 1. The van der Waals surface area contributed by atoms with Crippen molar-refractivity contribution in [2.24, 2.45) is 5.92 Å². The van der Waals surface area contributed by atoms with Crippen LogP contribution in [0.4, 0.5) is 0 Å². The van der Waals surface area contributed by atoms with Crippen molar-refractivity contribution in [3.8, 4) is 0 Å². The summed E-state index contributed by atoms with van der Waals surface area (Å²) < 4.78 is 23.7. The van der Waals surface area contributed by atoms with Crippen molar-refractivity contribution in [1.82, 2.24) is 9.55 Å². The van der Waals surface area contributed by atoms with Crippen LogP contribution in [0.25, 0.3) is 0 Å². The van der Waals surface area contributed by atoms with Crippen molar-refractivity contribution >= 4 is 8.60 Å². The second-order valence-electron chi connectivity index (χ2n) is 6.45. The highest BCUT2D eigenvalue weighted by Gasteiger charge is 2.19. The van der Waals surface area contributed by atoms with Gasteiger partial charge in [-0.2, -0.15) is 0 Å². The van der Waals surface area contributed by atoms with Crippen LogP contribution in [0.5, 0.6) is 0 Å². The van der Waals surface area contributed by atoms with Gasteiger partial charge in [-0.15, -0.1) is 0 Å². The van der Waals surface area contributed by atoms with Crippen molar-refractivity contribution in [3.05, 3.63) is 33.1 Å². The number of aryl methyl sites for hydroxylation is 1. The first-order valence-electron chi connectivity index (χ1n) is 9.05. The van der Waals surface area contributed by atoms with E-state index in [1.54, 1.807) is 14.2 Å². The molecule has 2 unspecified atom stereocenters. The number of ether oxygens (including phenoxy) is 1. The zero-order valence-electron chi connectivity index (χ0n) is 15.5. The van der Waals surface area contributed by atoms with E-state index in [2.05, 4.69) is 4.98 Å². The van der Waals surface area contributed by atoms with E-state index in [0.29, 0.717) is 32.1 Å². The highest BCUT2D eigenvalue weighted by atomic mass is 31.2. The first kappa shape index (κ1) is 21.3. The number of aromatic nitrogens is 2. The summed E-state index contributed by atoms with van der Waals surface area (Å²) in [4.78, 5) is 25.0. The average molecular weight is 388 g/mol. The Morgan fingerprint density at radius 2 is 2.00 bits per heavy atom. The lowest BCUT2D eigenvalue weighted by atomic mass is 9.90. The Hall–Kier alpha value is -1.05. The van der Waals surface area contributed by atoms with Crippen LogP contribution in [0.2, 0.25) is 0 Å². The zero-order chi connectivity index (χ0) is 18.8. The molecule has 1 aliphatic rings. The number of methoxy groups -OCH3 is 1. The number of rotatable bonds is 11. The van der Waals surface area contributed by atoms with Crippen LogP contribution in [0, 0.1) is 5.92 Å². The molecule has 0 amide bonds. The molecule has 0 aromatic carbocycles. The van der Waals surface area contributed by atoms with E-state index in [1.165, 1.54) is 48.9 Å². The predicted octanol–water partition coefficient (Wildman–Crippen LogP) is 2.43. The van der Waals surface area contributed by atoms with Crippen molar-refractivity contribution in [2.45, 2.75) is 51.2 Å². The monoisotopic (exact) mass is 388 g/mol. The molecule has 1 aromatic rings. The van der Waals surface area contributed by atoms with Crippen LogP contribution in [-0.4, -0.2) is 43.1 Å². The Labute approximate surface area is 154 Å². The van der Waals surface area contributed by atoms with Crippen molar-refractivity contribution in [1.29, 1.82) is 0 Å². The number of hydrogen-bond acceptors (Lipinski definition) is 6. The van der Waals surface area contributed by atoms with Crippen LogP contribution in [0.15, 0.2) is 21.9 Å². The van der Waals surface area contributed by atoms with E-state index in [4.69, 9.17) is 18.3 Å². The van der Waals surface area contributed by atoms with Crippen molar-refractivity contribution in [2.75, 3.05) is 27.4 Å². The molecule has 2 rings (SSSR count). The van der Waals surface area contributed by atoms with Gasteiger partial charge in [-0.3, -0.25) is 9.78 Å². The third kappa shape index (κ3) is 7.29. The molecular weight excluding hydrogens is 359 g/mol. The minimum Gasteiger partial charge on any atom is -0.379 e. The van der Waals surface area contributed by atoms with Gasteiger partial charge in [0.05, 0.1) is 19.3 Å². The Kier molecular flexibility index (Phi) is 9.50. The number of aromatic amines is 1. The van der Waals surface area contributed by atoms with Crippen LogP contribution in [0.1, 0.15) is 38.5 Å². The maximum absolute atomic E-state index is 11.7. The summed E-state index contributed by atoms with van der Waals surface area (Å²) in [5.41, 5.74) is -0.832. The molecule has 0 spiro atoms. The zero-order valence-corrected chi connectivity index (χ0v) is 16.4. The highest BCUT2D eigenvalue weighted by Crippen LogP contribution is 2.40. The van der Waals surface area contributed by atoms with E-state index in [1.807, 2.05) is 0 Å². The van der Waals surface area contributed by atoms with E-state index >= 15 is 0 Å². The van der Waals surface area contributed by atoms with Crippen LogP contribution >= 0.6 is 8.60 Å². The number of nitrogens with zero attached hydrogens (tertiary/aromatic N) is 1. The van der Waals surface area contributed by atoms with E-state index in [-0.39, 0.29) is 6.10 Å². The maximum Gasteiger partial charge on any atom is 0.332 e. The molecule has 0 aliphatic heterocycles. The first-order valence-corrected chi connectivity index (χ1v) is 10.1. The molecule has 1 heterocycles. The summed E-state index contributed by atoms with van der Waals surface area (Å²) in [5, 5.41) is 0. The van der Waals surface area contributed by atoms with Crippen molar-refractivity contribution in [3.63, 3.8) is 0 Å². The van der Waals surface area contributed by atoms with Crippen LogP contribution in [0.3, 0.4) is 0 Å². The second-order valence-corrected chi connectivity index (χ2v) is 7.78. The molecule has 0 saturated heterocycles. The van der Waals surface area contributed by atoms with Gasteiger partial charge in [0.15, 0.2) is 0 Å². The van der Waals surface area contributed by atoms with Gasteiger partial charge >= 0.3 is 14.3 Å². The lowest BCUT2D eigenvalue weighted by Gasteiger charge is -2.24. The topological polar surface area (TPSA) is 91.8 Å². The Bertz CT molecular complexity index is 628. The molecule has 1 N–H and O–H groups in total. The Balaban J connectivity index is 1.73. The molecule has 0 radical (unpaired) electrons. The fourth-order valence-electron chi connectivity index (χ4n) is 2.98. The molecule has 1 fully saturated rings. The summed E-state index contributed by atoms with van der Waals surface area (Å²) in [6.45, 7) is 1.41. The molecule has 26 heavy (non-hydrogen) atoms. The van der Waals surface area contributed by atoms with Crippen LogP contribution < -0.4 is 11.2 Å². The number of nitrogens with one attached hydrogen (secondary N) is 1. The molecule has 148 valence electrons. The molecule has 1 aliphatic carbocycles. The number of hydrogen-bond donors (Lipinski definition) is 1. The van der Waals surface area contributed by atoms with Gasteiger partial charge in [0.1, 0.15) is 0 Å². The third-order valence-corrected chi connectivity index (χ3v) is 5.60. The van der Waals surface area contributed by atoms with Gasteiger partial charge in [-0.1, -0.05) is 19.3 Å². The standard InChI is InChI=1S/C17H29N2O6P/c1-22-15(8-10-19-11-9-16(20)18-17(19)21)13-25-26(23-2)24-12-14-6-4-3-5-7-14/h9,11,14-15H,3-8,10,12-13H2,1-2H3,(H,18,20,21).